The number of amides is 2. The molecule has 0 saturated heterocycles. The van der Waals surface area contributed by atoms with Crippen molar-refractivity contribution in [3.05, 3.63) is 83.7 Å². The topological polar surface area (TPSA) is 104 Å². The Morgan fingerprint density at radius 1 is 1.18 bits per heavy atom. The lowest BCUT2D eigenvalue weighted by Gasteiger charge is -2.12. The molecule has 40 heavy (non-hydrogen) atoms. The molecule has 11 heteroatoms. The lowest BCUT2D eigenvalue weighted by atomic mass is 10.1. The molecular formula is C29H34FN5O3S2. The summed E-state index contributed by atoms with van der Waals surface area (Å²) in [7, 11) is 1.80. The highest BCUT2D eigenvalue weighted by atomic mass is 32.1. The van der Waals surface area contributed by atoms with E-state index in [9.17, 15) is 14.0 Å². The maximum Gasteiger partial charge on any atom is 0.261 e. The zero-order valence-electron chi connectivity index (χ0n) is 23.0. The molecule has 0 aliphatic carbocycles. The number of hydrogen-bond acceptors (Lipinski definition) is 7. The molecule has 0 bridgehead atoms. The summed E-state index contributed by atoms with van der Waals surface area (Å²) in [6, 6.07) is 7.52. The van der Waals surface area contributed by atoms with Gasteiger partial charge in [0.1, 0.15) is 5.75 Å². The number of nitrogens with one attached hydrogen (secondary N) is 4. The number of anilines is 1. The lowest BCUT2D eigenvalue weighted by molar-refractivity contribution is -0.118. The van der Waals surface area contributed by atoms with Crippen LogP contribution in [0.5, 0.6) is 11.5 Å². The van der Waals surface area contributed by atoms with Crippen molar-refractivity contribution < 1.29 is 18.7 Å². The highest BCUT2D eigenvalue weighted by molar-refractivity contribution is 7.80. The molecule has 0 spiro atoms. The average Bonchev–Trinajstić information content (AvgIpc) is 3.37. The van der Waals surface area contributed by atoms with E-state index >= 15 is 0 Å². The number of pyridine rings is 1. The number of ether oxygens (including phenoxy) is 1. The number of carbonyl (C=O) groups excluding carboxylic acids is 2. The van der Waals surface area contributed by atoms with E-state index < -0.39 is 5.82 Å². The molecular weight excluding hydrogens is 549 g/mol. The molecule has 0 atom stereocenters. The van der Waals surface area contributed by atoms with Gasteiger partial charge in [0.2, 0.25) is 5.91 Å². The molecule has 4 N–H and O–H groups in total. The summed E-state index contributed by atoms with van der Waals surface area (Å²) in [4.78, 5) is 29.4. The molecule has 0 radical (unpaired) electrons. The maximum absolute atomic E-state index is 14.9. The summed E-state index contributed by atoms with van der Waals surface area (Å²) < 4.78 is 21.3. The van der Waals surface area contributed by atoms with Gasteiger partial charge in [0.25, 0.3) is 5.91 Å². The van der Waals surface area contributed by atoms with E-state index in [1.165, 1.54) is 29.7 Å². The minimum atomic E-state index is -0.639. The number of aromatic nitrogens is 1. The van der Waals surface area contributed by atoms with Crippen LogP contribution in [-0.4, -0.2) is 42.0 Å². The molecule has 1 aromatic carbocycles. The van der Waals surface area contributed by atoms with E-state index in [1.54, 1.807) is 43.5 Å². The molecule has 212 valence electrons. The Hall–Kier alpha value is -3.93. The van der Waals surface area contributed by atoms with E-state index in [-0.39, 0.29) is 29.1 Å². The summed E-state index contributed by atoms with van der Waals surface area (Å²) in [5.41, 5.74) is 1.69. The predicted octanol–water partition coefficient (Wildman–Crippen LogP) is 6.09. The molecule has 2 aromatic heterocycles. The van der Waals surface area contributed by atoms with Gasteiger partial charge in [-0.25, -0.2) is 4.39 Å². The zero-order valence-corrected chi connectivity index (χ0v) is 24.6. The monoisotopic (exact) mass is 583 g/mol. The van der Waals surface area contributed by atoms with E-state index in [0.29, 0.717) is 39.6 Å². The Labute approximate surface area is 243 Å². The first-order valence-electron chi connectivity index (χ1n) is 12.7. The van der Waals surface area contributed by atoms with Gasteiger partial charge < -0.3 is 26.0 Å². The van der Waals surface area contributed by atoms with Crippen LogP contribution in [0.15, 0.2) is 73.0 Å². The van der Waals surface area contributed by atoms with Crippen molar-refractivity contribution in [2.75, 3.05) is 25.5 Å². The van der Waals surface area contributed by atoms with Crippen molar-refractivity contribution in [1.82, 2.24) is 20.9 Å². The van der Waals surface area contributed by atoms with E-state index in [0.717, 1.165) is 5.57 Å². The third kappa shape index (κ3) is 9.67. The van der Waals surface area contributed by atoms with Crippen LogP contribution in [0, 0.1) is 5.82 Å². The number of rotatable bonds is 11. The maximum atomic E-state index is 14.9. The Kier molecular flexibility index (Phi) is 13.6. The molecule has 0 fully saturated rings. The minimum Gasteiger partial charge on any atom is -0.453 e. The first-order chi connectivity index (χ1) is 19.3. The van der Waals surface area contributed by atoms with Gasteiger partial charge in [0.15, 0.2) is 16.7 Å². The Bertz CT molecular complexity index is 1400. The van der Waals surface area contributed by atoms with Gasteiger partial charge in [0.05, 0.1) is 21.5 Å². The van der Waals surface area contributed by atoms with Crippen LogP contribution in [0.3, 0.4) is 0 Å². The van der Waals surface area contributed by atoms with Gasteiger partial charge >= 0.3 is 0 Å². The SMILES string of the molecule is C=C/C=C(\C=C/C)CC(=O)NC(=S)Nc1ccc(Oc2ccnc3cc(C(=O)NCCNC)sc23)c(F)c1.CC. The number of hydrogen-bond donors (Lipinski definition) is 4. The fourth-order valence-electron chi connectivity index (χ4n) is 3.33. The molecule has 0 saturated carbocycles. The quantitative estimate of drug-likeness (QED) is 0.123. The molecule has 0 aliphatic heterocycles. The third-order valence-corrected chi connectivity index (χ3v) is 6.34. The van der Waals surface area contributed by atoms with Crippen LogP contribution in [-0.2, 0) is 4.79 Å². The van der Waals surface area contributed by atoms with Gasteiger partial charge in [-0.15, -0.1) is 11.3 Å². The van der Waals surface area contributed by atoms with Crippen molar-refractivity contribution >= 4 is 56.4 Å². The average molecular weight is 584 g/mol. The molecule has 2 amide bonds. The number of fused-ring (bicyclic) bond motifs is 1. The molecule has 3 rings (SSSR count). The zero-order chi connectivity index (χ0) is 29.5. The summed E-state index contributed by atoms with van der Waals surface area (Å²) in [6.45, 7) is 10.6. The normalized spacial score (nSPS) is 11.0. The summed E-state index contributed by atoms with van der Waals surface area (Å²) in [5, 5.41) is 11.2. The number of thiocarbonyl (C=S) groups is 1. The Balaban J connectivity index is 0.00000274. The van der Waals surface area contributed by atoms with E-state index in [1.807, 2.05) is 26.8 Å². The highest BCUT2D eigenvalue weighted by Gasteiger charge is 2.16. The van der Waals surface area contributed by atoms with Gasteiger partial charge in [-0.3, -0.25) is 14.6 Å². The number of likely N-dealkylation sites (N-methyl/N-ethyl adjacent to an activating group) is 1. The molecule has 0 aliphatic rings. The smallest absolute Gasteiger partial charge is 0.261 e. The van der Waals surface area contributed by atoms with Crippen molar-refractivity contribution in [1.29, 1.82) is 0 Å². The van der Waals surface area contributed by atoms with E-state index in [4.69, 9.17) is 17.0 Å². The fraction of sp³-hybridized carbons (Fsp3) is 0.241. The van der Waals surface area contributed by atoms with Gasteiger partial charge in [-0.2, -0.15) is 0 Å². The Morgan fingerprint density at radius 2 is 1.95 bits per heavy atom. The number of benzene rings is 1. The van der Waals surface area contributed by atoms with Crippen LogP contribution >= 0.6 is 23.6 Å². The second kappa shape index (κ2) is 16.9. The minimum absolute atomic E-state index is 0.0167. The predicted molar refractivity (Wildman–Crippen MR) is 166 cm³/mol. The standard InChI is InChI=1S/C27H28FN5O3S2.C2H6/c1-4-6-17(7-5-2)14-24(34)33-27(37)32-18-8-9-21(19(28)15-18)36-22-10-11-30-20-16-23(38-25(20)22)26(35)31-13-12-29-3;1-2/h4-11,15-16,29H,1,12-14H2,2-3H3,(H,31,35)(H2,32,33,34,37);1-2H3/b7-5-,17-6+;. The number of allylic oxidation sites excluding steroid dienone is 4. The van der Waals surface area contributed by atoms with Crippen LogP contribution in [0.1, 0.15) is 36.9 Å². The lowest BCUT2D eigenvalue weighted by Crippen LogP contribution is -2.34. The summed E-state index contributed by atoms with van der Waals surface area (Å²) in [6.07, 6.45) is 8.61. The van der Waals surface area contributed by atoms with Crippen molar-refractivity contribution in [2.45, 2.75) is 27.2 Å². The Morgan fingerprint density at radius 3 is 2.62 bits per heavy atom. The first kappa shape index (κ1) is 32.3. The molecule has 0 unspecified atom stereocenters. The number of nitrogens with zero attached hydrogens (tertiary/aromatic N) is 1. The molecule has 2 heterocycles. The largest absolute Gasteiger partial charge is 0.453 e. The number of halogens is 1. The van der Waals surface area contributed by atoms with Crippen LogP contribution in [0.4, 0.5) is 10.1 Å². The summed E-state index contributed by atoms with van der Waals surface area (Å²) in [5.74, 6) is -0.811. The van der Waals surface area contributed by atoms with Gasteiger partial charge in [-0.05, 0) is 50.0 Å². The number of carbonyl (C=O) groups is 2. The second-order valence-corrected chi connectivity index (χ2v) is 9.36. The van der Waals surface area contributed by atoms with Crippen molar-refractivity contribution in [3.63, 3.8) is 0 Å². The molecule has 3 aromatic rings. The second-order valence-electron chi connectivity index (χ2n) is 7.90. The number of thiophene rings is 1. The van der Waals surface area contributed by atoms with Crippen LogP contribution in [0.25, 0.3) is 10.2 Å². The van der Waals surface area contributed by atoms with Gasteiger partial charge in [-0.1, -0.05) is 44.7 Å². The fourth-order valence-corrected chi connectivity index (χ4v) is 4.55. The first-order valence-corrected chi connectivity index (χ1v) is 13.9. The highest BCUT2D eigenvalue weighted by Crippen LogP contribution is 2.36. The van der Waals surface area contributed by atoms with Crippen molar-refractivity contribution in [2.24, 2.45) is 0 Å². The van der Waals surface area contributed by atoms with Crippen LogP contribution in [0.2, 0.25) is 0 Å². The van der Waals surface area contributed by atoms with E-state index in [2.05, 4.69) is 32.8 Å². The van der Waals surface area contributed by atoms with Gasteiger partial charge in [0, 0.05) is 37.1 Å². The van der Waals surface area contributed by atoms with Crippen LogP contribution < -0.4 is 26.0 Å². The van der Waals surface area contributed by atoms with Crippen molar-refractivity contribution in [3.8, 4) is 11.5 Å². The summed E-state index contributed by atoms with van der Waals surface area (Å²) >= 11 is 6.41. The molecule has 8 nitrogen and oxygen atoms in total. The third-order valence-electron chi connectivity index (χ3n) is 5.00.